The highest BCUT2D eigenvalue weighted by molar-refractivity contribution is 7.99. The normalized spacial score (nSPS) is 11.4. The van der Waals surface area contributed by atoms with Crippen LogP contribution in [0.3, 0.4) is 0 Å². The first-order valence-corrected chi connectivity index (χ1v) is 7.45. The molecule has 6 heteroatoms. The molecule has 1 aromatic heterocycles. The topological polar surface area (TPSA) is 50.7 Å². The third-order valence-corrected chi connectivity index (χ3v) is 3.78. The second kappa shape index (κ2) is 5.97. The molecule has 0 saturated heterocycles. The van der Waals surface area contributed by atoms with Crippen LogP contribution in [0.25, 0.3) is 0 Å². The van der Waals surface area contributed by atoms with Crippen LogP contribution in [0.15, 0.2) is 34.3 Å². The van der Waals surface area contributed by atoms with Gasteiger partial charge in [-0.2, -0.15) is 15.0 Å². The Balaban J connectivity index is 2.20. The number of nitrogens with zero attached hydrogens (tertiary/aromatic N) is 3. The van der Waals surface area contributed by atoms with Gasteiger partial charge in [-0.3, -0.25) is 0 Å². The first kappa shape index (κ1) is 15.1. The molecule has 0 aliphatic heterocycles. The van der Waals surface area contributed by atoms with E-state index in [1.165, 1.54) is 17.3 Å². The average molecular weight is 309 g/mol. The largest absolute Gasteiger partial charge is 0.357 e. The summed E-state index contributed by atoms with van der Waals surface area (Å²) in [6, 6.07) is 8.40. The van der Waals surface area contributed by atoms with Crippen molar-refractivity contribution in [1.82, 2.24) is 15.0 Å². The van der Waals surface area contributed by atoms with E-state index in [4.69, 9.17) is 11.6 Å². The zero-order valence-corrected chi connectivity index (χ0v) is 13.5. The SMILES string of the molecule is CNc1nc(Cl)nc(Sc2ccc(C(C)(C)C)cc2)n1. The van der Waals surface area contributed by atoms with Crippen LogP contribution in [-0.2, 0) is 5.41 Å². The minimum absolute atomic E-state index is 0.152. The minimum Gasteiger partial charge on any atom is -0.357 e. The van der Waals surface area contributed by atoms with Crippen LogP contribution >= 0.6 is 23.4 Å². The Morgan fingerprint density at radius 1 is 1.05 bits per heavy atom. The molecule has 0 atom stereocenters. The van der Waals surface area contributed by atoms with Crippen molar-refractivity contribution in [1.29, 1.82) is 0 Å². The maximum atomic E-state index is 5.86. The summed E-state index contributed by atoms with van der Waals surface area (Å²) in [5.41, 5.74) is 1.45. The Morgan fingerprint density at radius 2 is 1.70 bits per heavy atom. The lowest BCUT2D eigenvalue weighted by Crippen LogP contribution is -2.10. The maximum absolute atomic E-state index is 5.86. The van der Waals surface area contributed by atoms with E-state index in [0.29, 0.717) is 11.1 Å². The molecule has 0 spiro atoms. The molecular formula is C14H17ClN4S. The highest BCUT2D eigenvalue weighted by Crippen LogP contribution is 2.29. The molecule has 1 heterocycles. The maximum Gasteiger partial charge on any atom is 0.228 e. The number of aromatic nitrogens is 3. The van der Waals surface area contributed by atoms with Gasteiger partial charge in [-0.1, -0.05) is 32.9 Å². The zero-order chi connectivity index (χ0) is 14.8. The van der Waals surface area contributed by atoms with Gasteiger partial charge in [0.1, 0.15) is 0 Å². The van der Waals surface area contributed by atoms with Crippen LogP contribution in [0.1, 0.15) is 26.3 Å². The number of hydrogen-bond donors (Lipinski definition) is 1. The quantitative estimate of drug-likeness (QED) is 0.928. The fourth-order valence-corrected chi connectivity index (χ4v) is 2.58. The van der Waals surface area contributed by atoms with Crippen LogP contribution in [0.5, 0.6) is 0 Å². The molecule has 0 aliphatic carbocycles. The average Bonchev–Trinajstić information content (AvgIpc) is 2.37. The van der Waals surface area contributed by atoms with Crippen molar-refractivity contribution < 1.29 is 0 Å². The highest BCUT2D eigenvalue weighted by Gasteiger charge is 2.13. The van der Waals surface area contributed by atoms with Crippen molar-refractivity contribution in [3.63, 3.8) is 0 Å². The van der Waals surface area contributed by atoms with Crippen molar-refractivity contribution in [2.24, 2.45) is 0 Å². The molecule has 0 amide bonds. The van der Waals surface area contributed by atoms with Gasteiger partial charge >= 0.3 is 0 Å². The first-order chi connectivity index (χ1) is 9.38. The molecule has 0 radical (unpaired) electrons. The summed E-state index contributed by atoms with van der Waals surface area (Å²) in [5, 5.41) is 3.64. The number of benzene rings is 1. The standard InChI is InChI=1S/C14H17ClN4S/c1-14(2,3)9-5-7-10(8-6-9)20-13-18-11(15)17-12(16-4)19-13/h5-8H,1-4H3,(H,16,17,18,19). The number of nitrogens with one attached hydrogen (secondary N) is 1. The third-order valence-electron chi connectivity index (χ3n) is 2.74. The highest BCUT2D eigenvalue weighted by atomic mass is 35.5. The number of rotatable bonds is 3. The third kappa shape index (κ3) is 3.84. The number of halogens is 1. The van der Waals surface area contributed by atoms with Crippen LogP contribution < -0.4 is 5.32 Å². The molecule has 20 heavy (non-hydrogen) atoms. The summed E-state index contributed by atoms with van der Waals surface area (Å²) in [5.74, 6) is 0.471. The monoisotopic (exact) mass is 308 g/mol. The molecule has 2 aromatic rings. The van der Waals surface area contributed by atoms with E-state index >= 15 is 0 Å². The van der Waals surface area contributed by atoms with Crippen molar-refractivity contribution in [3.05, 3.63) is 35.1 Å². The smallest absolute Gasteiger partial charge is 0.228 e. The van der Waals surface area contributed by atoms with Crippen molar-refractivity contribution in [2.45, 2.75) is 36.2 Å². The summed E-state index contributed by atoms with van der Waals surface area (Å²) in [7, 11) is 1.75. The Morgan fingerprint density at radius 3 is 2.25 bits per heavy atom. The van der Waals surface area contributed by atoms with E-state index in [2.05, 4.69) is 65.3 Å². The summed E-state index contributed by atoms with van der Waals surface area (Å²) < 4.78 is 0. The van der Waals surface area contributed by atoms with E-state index in [0.717, 1.165) is 4.90 Å². The van der Waals surface area contributed by atoms with Gasteiger partial charge in [0.2, 0.25) is 11.2 Å². The molecule has 106 valence electrons. The van der Waals surface area contributed by atoms with Gasteiger partial charge in [-0.15, -0.1) is 0 Å². The Labute approximate surface area is 128 Å². The van der Waals surface area contributed by atoms with Crippen LogP contribution in [0.4, 0.5) is 5.95 Å². The molecule has 1 N–H and O–H groups in total. The predicted octanol–water partition coefficient (Wildman–Crippen LogP) is 4.02. The van der Waals surface area contributed by atoms with Crippen molar-refractivity contribution in [2.75, 3.05) is 12.4 Å². The Hall–Kier alpha value is -1.33. The lowest BCUT2D eigenvalue weighted by Gasteiger charge is -2.18. The lowest BCUT2D eigenvalue weighted by molar-refractivity contribution is 0.590. The molecule has 0 fully saturated rings. The Kier molecular flexibility index (Phi) is 4.50. The van der Waals surface area contributed by atoms with E-state index < -0.39 is 0 Å². The summed E-state index contributed by atoms with van der Waals surface area (Å²) in [4.78, 5) is 13.4. The van der Waals surface area contributed by atoms with E-state index in [1.54, 1.807) is 7.05 Å². The molecule has 0 bridgehead atoms. The van der Waals surface area contributed by atoms with Gasteiger partial charge in [0.25, 0.3) is 0 Å². The Bertz CT molecular complexity index is 593. The van der Waals surface area contributed by atoms with Crippen LogP contribution in [-0.4, -0.2) is 22.0 Å². The molecule has 0 saturated carbocycles. The van der Waals surface area contributed by atoms with Crippen LogP contribution in [0.2, 0.25) is 5.28 Å². The van der Waals surface area contributed by atoms with E-state index in [9.17, 15) is 0 Å². The van der Waals surface area contributed by atoms with Gasteiger partial charge in [0.15, 0.2) is 5.16 Å². The molecule has 1 aromatic carbocycles. The first-order valence-electron chi connectivity index (χ1n) is 6.26. The van der Waals surface area contributed by atoms with Gasteiger partial charge in [0, 0.05) is 11.9 Å². The van der Waals surface area contributed by atoms with Gasteiger partial charge < -0.3 is 5.32 Å². The molecule has 0 unspecified atom stereocenters. The molecule has 0 aliphatic rings. The van der Waals surface area contributed by atoms with E-state index in [-0.39, 0.29) is 10.7 Å². The molecule has 2 rings (SSSR count). The molecule has 4 nitrogen and oxygen atoms in total. The minimum atomic E-state index is 0.152. The summed E-state index contributed by atoms with van der Waals surface area (Å²) in [6.07, 6.45) is 0. The van der Waals surface area contributed by atoms with E-state index in [1.807, 2.05) is 0 Å². The van der Waals surface area contributed by atoms with Gasteiger partial charge in [-0.25, -0.2) is 0 Å². The number of anilines is 1. The van der Waals surface area contributed by atoms with Gasteiger partial charge in [0.05, 0.1) is 0 Å². The van der Waals surface area contributed by atoms with Crippen molar-refractivity contribution >= 4 is 29.3 Å². The lowest BCUT2D eigenvalue weighted by atomic mass is 9.87. The number of hydrogen-bond acceptors (Lipinski definition) is 5. The summed E-state index contributed by atoms with van der Waals surface area (Å²) in [6.45, 7) is 6.58. The second-order valence-electron chi connectivity index (χ2n) is 5.34. The second-order valence-corrected chi connectivity index (χ2v) is 6.72. The zero-order valence-electron chi connectivity index (χ0n) is 11.9. The fourth-order valence-electron chi connectivity index (χ4n) is 1.62. The summed E-state index contributed by atoms with van der Waals surface area (Å²) >= 11 is 7.33. The van der Waals surface area contributed by atoms with Crippen LogP contribution in [0, 0.1) is 0 Å². The predicted molar refractivity (Wildman–Crippen MR) is 83.6 cm³/mol. The van der Waals surface area contributed by atoms with Gasteiger partial charge in [-0.05, 0) is 46.5 Å². The fraction of sp³-hybridized carbons (Fsp3) is 0.357. The molecular weight excluding hydrogens is 292 g/mol. The van der Waals surface area contributed by atoms with Crippen molar-refractivity contribution in [3.8, 4) is 0 Å².